The molecule has 1 saturated heterocycles. The topological polar surface area (TPSA) is 35.5 Å². The third-order valence-electron chi connectivity index (χ3n) is 7.13. The Hall–Kier alpha value is -1.23. The Morgan fingerprint density at radius 1 is 1.11 bits per heavy atom. The van der Waals surface area contributed by atoms with E-state index in [0.717, 1.165) is 12.8 Å². The maximum absolute atomic E-state index is 12.9. The Morgan fingerprint density at radius 2 is 1.81 bits per heavy atom. The number of carbonyl (C=O) groups excluding carboxylic acids is 1. The van der Waals surface area contributed by atoms with Gasteiger partial charge in [0.1, 0.15) is 11.4 Å². The van der Waals surface area contributed by atoms with Crippen molar-refractivity contribution in [1.82, 2.24) is 0 Å². The minimum absolute atomic E-state index is 0.0371. The number of carbonyl (C=O) groups is 1. The number of ether oxygens (including phenoxy) is 1. The number of fused-ring (bicyclic) bond motifs is 2. The molecule has 0 N–H and O–H groups in total. The molecule has 2 bridgehead atoms. The normalized spacial score (nSPS) is 39.0. The summed E-state index contributed by atoms with van der Waals surface area (Å²) in [6.07, 6.45) is 8.98. The van der Waals surface area contributed by atoms with Crippen molar-refractivity contribution in [3.8, 4) is 0 Å². The Bertz CT molecular complexity index is 728. The summed E-state index contributed by atoms with van der Waals surface area (Å²) in [7, 11) is -2.02. The maximum Gasteiger partial charge on any atom is 0.218 e. The van der Waals surface area contributed by atoms with Crippen LogP contribution in [0.15, 0.2) is 42.5 Å². The molecule has 1 aromatic rings. The van der Waals surface area contributed by atoms with E-state index in [1.807, 2.05) is 6.92 Å². The van der Waals surface area contributed by atoms with Crippen molar-refractivity contribution in [3.63, 3.8) is 0 Å². The van der Waals surface area contributed by atoms with Gasteiger partial charge in [0.05, 0.1) is 12.2 Å². The highest BCUT2D eigenvalue weighted by atomic mass is 28.4. The van der Waals surface area contributed by atoms with Crippen LogP contribution in [0.1, 0.15) is 39.5 Å². The number of rotatable bonds is 4. The molecule has 0 unspecified atom stereocenters. The number of hydrogen-bond acceptors (Lipinski definition) is 3. The molecule has 3 nitrogen and oxygen atoms in total. The Kier molecular flexibility index (Phi) is 4.94. The molecule has 0 radical (unpaired) electrons. The van der Waals surface area contributed by atoms with E-state index in [4.69, 9.17) is 9.16 Å². The lowest BCUT2D eigenvalue weighted by Gasteiger charge is -2.50. The van der Waals surface area contributed by atoms with Crippen LogP contribution in [0, 0.1) is 17.8 Å². The molecule has 2 heterocycles. The van der Waals surface area contributed by atoms with E-state index >= 15 is 0 Å². The van der Waals surface area contributed by atoms with Gasteiger partial charge in [-0.25, -0.2) is 0 Å². The fourth-order valence-electron chi connectivity index (χ4n) is 5.43. The fourth-order valence-corrected chi connectivity index (χ4v) is 7.60. The summed E-state index contributed by atoms with van der Waals surface area (Å²) < 4.78 is 13.5. The van der Waals surface area contributed by atoms with Crippen molar-refractivity contribution in [2.75, 3.05) is 0 Å². The van der Waals surface area contributed by atoms with Gasteiger partial charge in [-0.3, -0.25) is 4.79 Å². The van der Waals surface area contributed by atoms with Gasteiger partial charge in [-0.1, -0.05) is 69.2 Å². The largest absolute Gasteiger partial charge is 0.410 e. The van der Waals surface area contributed by atoms with Gasteiger partial charge in [0.2, 0.25) is 8.32 Å². The molecule has 27 heavy (non-hydrogen) atoms. The molecule has 1 aliphatic carbocycles. The quantitative estimate of drug-likeness (QED) is 0.576. The monoisotopic (exact) mass is 384 g/mol. The van der Waals surface area contributed by atoms with Gasteiger partial charge in [-0.2, -0.15) is 0 Å². The lowest BCUT2D eigenvalue weighted by atomic mass is 9.67. The predicted octanol–water partition coefficient (Wildman–Crippen LogP) is 4.22. The zero-order valence-corrected chi connectivity index (χ0v) is 18.0. The van der Waals surface area contributed by atoms with Crippen molar-refractivity contribution < 1.29 is 14.0 Å². The van der Waals surface area contributed by atoms with Crippen LogP contribution in [0.3, 0.4) is 0 Å². The highest BCUT2D eigenvalue weighted by Crippen LogP contribution is 2.50. The zero-order valence-electron chi connectivity index (χ0n) is 17.0. The summed E-state index contributed by atoms with van der Waals surface area (Å²) in [5, 5.41) is 1.33. The molecule has 6 atom stereocenters. The Morgan fingerprint density at radius 3 is 2.56 bits per heavy atom. The van der Waals surface area contributed by atoms with Crippen LogP contribution in [0.5, 0.6) is 0 Å². The SMILES string of the molecule is C[C@@H]1C(=O)[C@H](C)[C@H]2C=C[C@@]1([C@H]1CCCC[C@@H]1O[Si](C)(C)c1ccccc1)O2. The van der Waals surface area contributed by atoms with E-state index in [2.05, 4.69) is 62.5 Å². The fraction of sp³-hybridized carbons (Fsp3) is 0.609. The molecule has 2 aliphatic heterocycles. The predicted molar refractivity (Wildman–Crippen MR) is 110 cm³/mol. The average molecular weight is 385 g/mol. The van der Waals surface area contributed by atoms with Gasteiger partial charge in [0.25, 0.3) is 0 Å². The first-order valence-electron chi connectivity index (χ1n) is 10.5. The summed E-state index contributed by atoms with van der Waals surface area (Å²) in [6.45, 7) is 8.65. The van der Waals surface area contributed by atoms with Crippen molar-refractivity contribution in [3.05, 3.63) is 42.5 Å². The van der Waals surface area contributed by atoms with E-state index in [-0.39, 0.29) is 30.0 Å². The third kappa shape index (κ3) is 3.16. The minimum atomic E-state index is -2.02. The van der Waals surface area contributed by atoms with Crippen LogP contribution in [0.4, 0.5) is 0 Å². The van der Waals surface area contributed by atoms with E-state index in [9.17, 15) is 4.79 Å². The molecule has 0 amide bonds. The number of Topliss-reactive ketones (excluding diaryl/α,β-unsaturated/α-hetero) is 1. The average Bonchev–Trinajstić information content (AvgIpc) is 3.10. The molecular formula is C23H32O3Si. The second-order valence-electron chi connectivity index (χ2n) is 9.13. The van der Waals surface area contributed by atoms with E-state index < -0.39 is 13.9 Å². The van der Waals surface area contributed by atoms with Crippen molar-refractivity contribution >= 4 is 19.3 Å². The van der Waals surface area contributed by atoms with Crippen LogP contribution in [-0.4, -0.2) is 31.9 Å². The molecule has 2 fully saturated rings. The van der Waals surface area contributed by atoms with Crippen LogP contribution in [0.2, 0.25) is 13.1 Å². The van der Waals surface area contributed by atoms with E-state index in [1.165, 1.54) is 18.0 Å². The highest BCUT2D eigenvalue weighted by molar-refractivity contribution is 6.84. The molecule has 146 valence electrons. The van der Waals surface area contributed by atoms with E-state index in [0.29, 0.717) is 5.78 Å². The number of ketones is 1. The smallest absolute Gasteiger partial charge is 0.218 e. The first-order valence-corrected chi connectivity index (χ1v) is 13.4. The van der Waals surface area contributed by atoms with E-state index in [1.54, 1.807) is 0 Å². The number of benzene rings is 1. The number of hydrogen-bond donors (Lipinski definition) is 0. The van der Waals surface area contributed by atoms with Crippen LogP contribution >= 0.6 is 0 Å². The maximum atomic E-state index is 12.9. The molecule has 4 rings (SSSR count). The molecule has 0 aromatic heterocycles. The first kappa shape index (κ1) is 19.1. The van der Waals surface area contributed by atoms with Gasteiger partial charge in [0, 0.05) is 17.8 Å². The second-order valence-corrected chi connectivity index (χ2v) is 13.0. The summed E-state index contributed by atoms with van der Waals surface area (Å²) in [6, 6.07) is 10.6. The molecule has 1 saturated carbocycles. The molecule has 0 spiro atoms. The molecule has 3 aliphatic rings. The Balaban J connectivity index is 1.62. The summed E-state index contributed by atoms with van der Waals surface area (Å²) in [4.78, 5) is 12.9. The lowest BCUT2D eigenvalue weighted by Crippen LogP contribution is -2.59. The Labute approximate surface area is 164 Å². The van der Waals surface area contributed by atoms with Crippen LogP contribution < -0.4 is 5.19 Å². The lowest BCUT2D eigenvalue weighted by molar-refractivity contribution is -0.180. The first-order chi connectivity index (χ1) is 12.8. The van der Waals surface area contributed by atoms with Gasteiger partial charge in [-0.15, -0.1) is 0 Å². The minimum Gasteiger partial charge on any atom is -0.410 e. The summed E-state index contributed by atoms with van der Waals surface area (Å²) >= 11 is 0. The molecular weight excluding hydrogens is 352 g/mol. The molecule has 4 heteroatoms. The van der Waals surface area contributed by atoms with Crippen molar-refractivity contribution in [2.24, 2.45) is 17.8 Å². The molecule has 1 aromatic carbocycles. The summed E-state index contributed by atoms with van der Waals surface area (Å²) in [5.74, 6) is 0.470. The zero-order chi connectivity index (χ0) is 19.2. The van der Waals surface area contributed by atoms with Gasteiger partial charge in [-0.05, 0) is 31.1 Å². The standard InChI is InChI=1S/C23H32O3Si/c1-16-20-14-15-23(25-20,17(2)22(16)24)19-12-8-9-13-21(19)26-27(3,4)18-10-6-5-7-11-18/h5-7,10-11,14-17,19-21H,8-9,12-13H2,1-4H3/t16-,17-,19+,20-,21+,23-/m1/s1. The van der Waals surface area contributed by atoms with Crippen LogP contribution in [0.25, 0.3) is 0 Å². The second kappa shape index (κ2) is 6.98. The highest BCUT2D eigenvalue weighted by Gasteiger charge is 2.58. The third-order valence-corrected chi connectivity index (χ3v) is 9.74. The van der Waals surface area contributed by atoms with Crippen molar-refractivity contribution in [1.29, 1.82) is 0 Å². The van der Waals surface area contributed by atoms with Crippen molar-refractivity contribution in [2.45, 2.75) is 70.4 Å². The van der Waals surface area contributed by atoms with Gasteiger partial charge >= 0.3 is 0 Å². The van der Waals surface area contributed by atoms with Gasteiger partial charge in [0.15, 0.2) is 0 Å². The van der Waals surface area contributed by atoms with Gasteiger partial charge < -0.3 is 9.16 Å². The van der Waals surface area contributed by atoms with Crippen LogP contribution in [-0.2, 0) is 14.0 Å². The summed E-state index contributed by atoms with van der Waals surface area (Å²) in [5.41, 5.74) is -0.472.